The van der Waals surface area contributed by atoms with Crippen molar-refractivity contribution in [1.82, 2.24) is 4.90 Å². The predicted octanol–water partition coefficient (Wildman–Crippen LogP) is 3.26. The summed E-state index contributed by atoms with van der Waals surface area (Å²) in [6.07, 6.45) is 3.89. The maximum absolute atomic E-state index is 12.6. The minimum absolute atomic E-state index is 0.0841. The van der Waals surface area contributed by atoms with Gasteiger partial charge in [0.05, 0.1) is 5.41 Å². The Balaban J connectivity index is 2.13. The van der Waals surface area contributed by atoms with E-state index in [0.29, 0.717) is 11.6 Å². The normalized spacial score (nSPS) is 17.4. The van der Waals surface area contributed by atoms with E-state index in [0.717, 1.165) is 37.8 Å². The molecule has 1 aromatic carbocycles. The van der Waals surface area contributed by atoms with Crippen LogP contribution in [0.3, 0.4) is 0 Å². The number of carbonyl (C=O) groups excluding carboxylic acids is 1. The molecule has 1 fully saturated rings. The molecule has 0 N–H and O–H groups in total. The van der Waals surface area contributed by atoms with Crippen molar-refractivity contribution in [3.63, 3.8) is 0 Å². The van der Waals surface area contributed by atoms with Gasteiger partial charge in [0.2, 0.25) is 0 Å². The van der Waals surface area contributed by atoms with Crippen LogP contribution in [0.5, 0.6) is 0 Å². The Labute approximate surface area is 125 Å². The molecule has 110 valence electrons. The topological polar surface area (TPSA) is 29.5 Å². The fourth-order valence-corrected chi connectivity index (χ4v) is 2.94. The molecule has 0 saturated heterocycles. The zero-order valence-corrected chi connectivity index (χ0v) is 12.9. The summed E-state index contributed by atoms with van der Waals surface area (Å²) in [6, 6.07) is 7.62. The standard InChI is InChI=1S/C16H22ClNO2/c1-18(2)11-12-20-15(19)16(9-3-4-10-16)13-5-7-14(17)8-6-13/h5-8H,3-4,9-12H2,1-2H3. The molecule has 0 radical (unpaired) electrons. The van der Waals surface area contributed by atoms with Gasteiger partial charge in [-0.15, -0.1) is 0 Å². The van der Waals surface area contributed by atoms with Crippen LogP contribution in [-0.2, 0) is 14.9 Å². The van der Waals surface area contributed by atoms with Gasteiger partial charge in [0.15, 0.2) is 0 Å². The first-order valence-corrected chi connectivity index (χ1v) is 7.50. The Hall–Kier alpha value is -1.06. The highest BCUT2D eigenvalue weighted by Gasteiger charge is 2.44. The molecular weight excluding hydrogens is 274 g/mol. The van der Waals surface area contributed by atoms with Crippen LogP contribution >= 0.6 is 11.6 Å². The van der Waals surface area contributed by atoms with Crippen LogP contribution in [0, 0.1) is 0 Å². The van der Waals surface area contributed by atoms with Crippen LogP contribution in [0.4, 0.5) is 0 Å². The first-order chi connectivity index (χ1) is 9.54. The molecule has 2 rings (SSSR count). The maximum atomic E-state index is 12.6. The SMILES string of the molecule is CN(C)CCOC(=O)C1(c2ccc(Cl)cc2)CCCC1. The van der Waals surface area contributed by atoms with Crippen LogP contribution < -0.4 is 0 Å². The number of esters is 1. The number of ether oxygens (including phenoxy) is 1. The number of carbonyl (C=O) groups is 1. The summed E-state index contributed by atoms with van der Waals surface area (Å²) >= 11 is 5.94. The Morgan fingerprint density at radius 2 is 1.85 bits per heavy atom. The molecule has 1 aliphatic carbocycles. The van der Waals surface area contributed by atoms with Crippen molar-refractivity contribution in [1.29, 1.82) is 0 Å². The highest BCUT2D eigenvalue weighted by molar-refractivity contribution is 6.30. The fourth-order valence-electron chi connectivity index (χ4n) is 2.82. The molecule has 3 nitrogen and oxygen atoms in total. The third kappa shape index (κ3) is 3.33. The second kappa shape index (κ2) is 6.59. The number of hydrogen-bond donors (Lipinski definition) is 0. The molecule has 0 unspecified atom stereocenters. The Kier molecular flexibility index (Phi) is 5.06. The highest BCUT2D eigenvalue weighted by Crippen LogP contribution is 2.42. The summed E-state index contributed by atoms with van der Waals surface area (Å²) < 4.78 is 5.51. The summed E-state index contributed by atoms with van der Waals surface area (Å²) in [7, 11) is 3.94. The summed E-state index contributed by atoms with van der Waals surface area (Å²) in [5.41, 5.74) is 0.575. The van der Waals surface area contributed by atoms with Gasteiger partial charge < -0.3 is 9.64 Å². The minimum Gasteiger partial charge on any atom is -0.464 e. The Bertz CT molecular complexity index is 450. The van der Waals surface area contributed by atoms with Crippen LogP contribution in [0.2, 0.25) is 5.02 Å². The van der Waals surface area contributed by atoms with Crippen LogP contribution in [0.15, 0.2) is 24.3 Å². The molecule has 1 aromatic rings. The van der Waals surface area contributed by atoms with Gasteiger partial charge in [-0.2, -0.15) is 0 Å². The van der Waals surface area contributed by atoms with Crippen molar-refractivity contribution in [3.8, 4) is 0 Å². The first-order valence-electron chi connectivity index (χ1n) is 7.13. The van der Waals surface area contributed by atoms with Gasteiger partial charge in [-0.3, -0.25) is 4.79 Å². The third-order valence-corrected chi connectivity index (χ3v) is 4.27. The highest BCUT2D eigenvalue weighted by atomic mass is 35.5. The summed E-state index contributed by atoms with van der Waals surface area (Å²) in [6.45, 7) is 1.20. The smallest absolute Gasteiger partial charge is 0.316 e. The zero-order valence-electron chi connectivity index (χ0n) is 12.2. The van der Waals surface area contributed by atoms with E-state index < -0.39 is 5.41 Å². The van der Waals surface area contributed by atoms with Crippen molar-refractivity contribution in [2.24, 2.45) is 0 Å². The lowest BCUT2D eigenvalue weighted by molar-refractivity contribution is -0.150. The quantitative estimate of drug-likeness (QED) is 0.781. The first kappa shape index (κ1) is 15.3. The average molecular weight is 296 g/mol. The van der Waals surface area contributed by atoms with Crippen molar-refractivity contribution in [2.45, 2.75) is 31.1 Å². The second-order valence-electron chi connectivity index (χ2n) is 5.74. The molecule has 0 spiro atoms. The molecule has 0 atom stereocenters. The van der Waals surface area contributed by atoms with Crippen LogP contribution in [-0.4, -0.2) is 38.1 Å². The van der Waals surface area contributed by atoms with E-state index in [1.165, 1.54) is 0 Å². The van der Waals surface area contributed by atoms with Crippen molar-refractivity contribution < 1.29 is 9.53 Å². The number of nitrogens with zero attached hydrogens (tertiary/aromatic N) is 1. The molecule has 0 bridgehead atoms. The number of likely N-dealkylation sites (N-methyl/N-ethyl adjacent to an activating group) is 1. The van der Waals surface area contributed by atoms with Gasteiger partial charge in [0.25, 0.3) is 0 Å². The van der Waals surface area contributed by atoms with E-state index in [9.17, 15) is 4.79 Å². The number of halogens is 1. The van der Waals surface area contributed by atoms with Crippen molar-refractivity contribution in [3.05, 3.63) is 34.9 Å². The van der Waals surface area contributed by atoms with E-state index in [1.807, 2.05) is 43.3 Å². The zero-order chi connectivity index (χ0) is 14.6. The molecule has 4 heteroatoms. The molecule has 0 aromatic heterocycles. The van der Waals surface area contributed by atoms with Crippen LogP contribution in [0.25, 0.3) is 0 Å². The van der Waals surface area contributed by atoms with Gasteiger partial charge in [-0.25, -0.2) is 0 Å². The Morgan fingerprint density at radius 3 is 2.40 bits per heavy atom. The van der Waals surface area contributed by atoms with E-state index in [2.05, 4.69) is 0 Å². The Morgan fingerprint density at radius 1 is 1.25 bits per heavy atom. The van der Waals surface area contributed by atoms with Crippen molar-refractivity contribution >= 4 is 17.6 Å². The lowest BCUT2D eigenvalue weighted by Gasteiger charge is -2.27. The summed E-state index contributed by atoms with van der Waals surface area (Å²) in [5.74, 6) is -0.0841. The number of benzene rings is 1. The van der Waals surface area contributed by atoms with Gasteiger partial charge in [-0.05, 0) is 44.6 Å². The fraction of sp³-hybridized carbons (Fsp3) is 0.562. The van der Waals surface area contributed by atoms with Gasteiger partial charge in [-0.1, -0.05) is 36.6 Å². The molecule has 0 heterocycles. The van der Waals surface area contributed by atoms with E-state index in [1.54, 1.807) is 0 Å². The largest absolute Gasteiger partial charge is 0.464 e. The molecule has 0 amide bonds. The molecule has 1 saturated carbocycles. The van der Waals surface area contributed by atoms with E-state index in [4.69, 9.17) is 16.3 Å². The van der Waals surface area contributed by atoms with E-state index in [-0.39, 0.29) is 5.97 Å². The van der Waals surface area contributed by atoms with Gasteiger partial charge in [0.1, 0.15) is 6.61 Å². The third-order valence-electron chi connectivity index (χ3n) is 4.02. The molecule has 1 aliphatic rings. The maximum Gasteiger partial charge on any atom is 0.316 e. The minimum atomic E-state index is -0.461. The summed E-state index contributed by atoms with van der Waals surface area (Å²) in [5, 5.41) is 0.697. The van der Waals surface area contributed by atoms with E-state index >= 15 is 0 Å². The molecular formula is C16H22ClNO2. The number of rotatable bonds is 5. The predicted molar refractivity (Wildman–Crippen MR) is 81.1 cm³/mol. The van der Waals surface area contributed by atoms with Crippen LogP contribution in [0.1, 0.15) is 31.2 Å². The monoisotopic (exact) mass is 295 g/mol. The lowest BCUT2D eigenvalue weighted by Crippen LogP contribution is -2.36. The molecule has 0 aliphatic heterocycles. The average Bonchev–Trinajstić information content (AvgIpc) is 2.89. The second-order valence-corrected chi connectivity index (χ2v) is 6.17. The lowest BCUT2D eigenvalue weighted by atomic mass is 9.79. The van der Waals surface area contributed by atoms with Gasteiger partial charge >= 0.3 is 5.97 Å². The summed E-state index contributed by atoms with van der Waals surface area (Å²) in [4.78, 5) is 14.6. The number of hydrogen-bond acceptors (Lipinski definition) is 3. The van der Waals surface area contributed by atoms with Crippen molar-refractivity contribution in [2.75, 3.05) is 27.2 Å². The molecule has 20 heavy (non-hydrogen) atoms. The van der Waals surface area contributed by atoms with Gasteiger partial charge in [0, 0.05) is 11.6 Å².